The number of nitro benzene ring substituents is 1. The molecule has 0 saturated carbocycles. The van der Waals surface area contributed by atoms with Crippen molar-refractivity contribution in [1.82, 2.24) is 9.66 Å². The molecule has 0 saturated heterocycles. The van der Waals surface area contributed by atoms with Gasteiger partial charge in [-0.15, -0.1) is 0 Å². The first-order valence-electron chi connectivity index (χ1n) is 10.2. The summed E-state index contributed by atoms with van der Waals surface area (Å²) in [5.41, 5.74) is 0.0215. The number of ether oxygens (including phenoxy) is 1. The number of nitro groups is 1. The van der Waals surface area contributed by atoms with Crippen LogP contribution in [0.3, 0.4) is 0 Å². The zero-order valence-electron chi connectivity index (χ0n) is 18.4. The Morgan fingerprint density at radius 2 is 2.03 bits per heavy atom. The number of fused-ring (bicyclic) bond motifs is 1. The molecule has 0 bridgehead atoms. The lowest BCUT2D eigenvalue weighted by Crippen LogP contribution is -2.24. The fraction of sp³-hybridized carbons (Fsp3) is 0.273. The summed E-state index contributed by atoms with van der Waals surface area (Å²) in [6.07, 6.45) is 0.727. The van der Waals surface area contributed by atoms with Gasteiger partial charge in [-0.05, 0) is 53.5 Å². The molecule has 0 aliphatic carbocycles. The number of hydrogen-bond donors (Lipinski definition) is 1. The zero-order chi connectivity index (χ0) is 25.2. The van der Waals surface area contributed by atoms with Gasteiger partial charge >= 0.3 is 11.7 Å². The first-order chi connectivity index (χ1) is 16.0. The molecule has 0 spiro atoms. The fourth-order valence-corrected chi connectivity index (χ4v) is 3.98. The molecule has 1 heterocycles. The number of hydrogen-bond acceptors (Lipinski definition) is 7. The summed E-state index contributed by atoms with van der Waals surface area (Å²) >= 11 is 6.56. The number of halogens is 2. The van der Waals surface area contributed by atoms with E-state index in [1.165, 1.54) is 29.9 Å². The van der Waals surface area contributed by atoms with Crippen LogP contribution >= 0.6 is 31.9 Å². The second kappa shape index (κ2) is 10.4. The normalized spacial score (nSPS) is 13.2. The molecule has 0 aliphatic heterocycles. The summed E-state index contributed by atoms with van der Waals surface area (Å²) in [4.78, 5) is 39.9. The van der Waals surface area contributed by atoms with Crippen LogP contribution in [0.2, 0.25) is 0 Å². The Morgan fingerprint density at radius 1 is 1.32 bits per heavy atom. The van der Waals surface area contributed by atoms with Crippen LogP contribution in [0.15, 0.2) is 49.2 Å². The third kappa shape index (κ3) is 5.33. The van der Waals surface area contributed by atoms with Gasteiger partial charge in [0.15, 0.2) is 6.10 Å². The number of nitrogens with zero attached hydrogens (tertiary/aromatic N) is 4. The molecular formula is C22H20Br2N4O6. The summed E-state index contributed by atoms with van der Waals surface area (Å²) in [5, 5.41) is 25.4. The smallest absolute Gasteiger partial charge is 0.344 e. The molecule has 1 N–H and O–H groups in total. The van der Waals surface area contributed by atoms with Crippen LogP contribution in [0.25, 0.3) is 10.9 Å². The van der Waals surface area contributed by atoms with E-state index in [-0.39, 0.29) is 21.7 Å². The maximum Gasteiger partial charge on any atom is 0.344 e. The molecule has 2 aromatic carbocycles. The lowest BCUT2D eigenvalue weighted by molar-refractivity contribution is -0.386. The topological polar surface area (TPSA) is 137 Å². The number of rotatable bonds is 8. The number of carboxylic acid groups (broad SMARTS) is 1. The van der Waals surface area contributed by atoms with Crippen molar-refractivity contribution >= 4 is 60.6 Å². The Balaban J connectivity index is 2.14. The Morgan fingerprint density at radius 3 is 2.65 bits per heavy atom. The average molecular weight is 596 g/mol. The van der Waals surface area contributed by atoms with Crippen LogP contribution in [0.4, 0.5) is 5.69 Å². The lowest BCUT2D eigenvalue weighted by atomic mass is 10.1. The predicted molar refractivity (Wildman–Crippen MR) is 134 cm³/mol. The van der Waals surface area contributed by atoms with E-state index in [0.717, 1.165) is 10.9 Å². The molecule has 34 heavy (non-hydrogen) atoms. The second-order valence-electron chi connectivity index (χ2n) is 7.51. The summed E-state index contributed by atoms with van der Waals surface area (Å²) in [6, 6.07) is 7.89. The summed E-state index contributed by atoms with van der Waals surface area (Å²) in [6.45, 7) is 5.16. The standard InChI is InChI=1S/C22H20Br2N4O6/c1-4-11(2)20-26-17-6-5-14(23)9-15(17)21(29)27(20)25-10-13-7-16(24)19(18(8-13)28(32)33)34-12(3)22(30)31/h5-12H,4H2,1-3H3,(H,30,31)/t11-,12-/m1/s1. The van der Waals surface area contributed by atoms with Gasteiger partial charge in [-0.3, -0.25) is 14.9 Å². The largest absolute Gasteiger partial charge is 0.479 e. The maximum absolute atomic E-state index is 13.2. The second-order valence-corrected chi connectivity index (χ2v) is 9.28. The minimum Gasteiger partial charge on any atom is -0.479 e. The highest BCUT2D eigenvalue weighted by Crippen LogP contribution is 2.37. The van der Waals surface area contributed by atoms with Crippen molar-refractivity contribution in [3.05, 3.63) is 71.1 Å². The molecule has 0 fully saturated rings. The van der Waals surface area contributed by atoms with Crippen molar-refractivity contribution in [3.8, 4) is 5.75 Å². The van der Waals surface area contributed by atoms with E-state index in [2.05, 4.69) is 41.9 Å². The van der Waals surface area contributed by atoms with Gasteiger partial charge in [0.1, 0.15) is 5.82 Å². The van der Waals surface area contributed by atoms with Crippen molar-refractivity contribution in [2.24, 2.45) is 5.10 Å². The number of aromatic nitrogens is 2. The van der Waals surface area contributed by atoms with Crippen molar-refractivity contribution in [2.45, 2.75) is 39.2 Å². The lowest BCUT2D eigenvalue weighted by Gasteiger charge is -2.14. The SMILES string of the molecule is CC[C@@H](C)c1nc2ccc(Br)cc2c(=O)n1N=Cc1cc(Br)c(O[C@H](C)C(=O)O)c([N+](=O)[O-])c1. The molecule has 1 aromatic heterocycles. The molecule has 3 aromatic rings. The van der Waals surface area contributed by atoms with Gasteiger partial charge in [-0.2, -0.15) is 9.78 Å². The molecule has 2 atom stereocenters. The molecular weight excluding hydrogens is 576 g/mol. The molecule has 10 nitrogen and oxygen atoms in total. The van der Waals surface area contributed by atoms with Crippen LogP contribution in [0.5, 0.6) is 5.75 Å². The first-order valence-corrected chi connectivity index (χ1v) is 11.8. The van der Waals surface area contributed by atoms with Crippen LogP contribution < -0.4 is 10.3 Å². The Bertz CT molecular complexity index is 1370. The zero-order valence-corrected chi connectivity index (χ0v) is 21.5. The van der Waals surface area contributed by atoms with Crippen LogP contribution in [-0.2, 0) is 4.79 Å². The molecule has 0 aliphatic rings. The highest BCUT2D eigenvalue weighted by Gasteiger charge is 2.24. The number of benzene rings is 2. The monoisotopic (exact) mass is 594 g/mol. The maximum atomic E-state index is 13.2. The Labute approximate surface area is 210 Å². The van der Waals surface area contributed by atoms with E-state index in [1.807, 2.05) is 13.8 Å². The molecule has 3 rings (SSSR count). The molecule has 0 radical (unpaired) electrons. The van der Waals surface area contributed by atoms with E-state index >= 15 is 0 Å². The van der Waals surface area contributed by atoms with E-state index in [0.29, 0.717) is 22.3 Å². The summed E-state index contributed by atoms with van der Waals surface area (Å²) in [5.74, 6) is -1.10. The van der Waals surface area contributed by atoms with Gasteiger partial charge in [0.2, 0.25) is 5.75 Å². The minimum absolute atomic E-state index is 0.0766. The highest BCUT2D eigenvalue weighted by molar-refractivity contribution is 9.10. The molecule has 178 valence electrons. The molecule has 12 heteroatoms. The number of aliphatic carboxylic acids is 1. The summed E-state index contributed by atoms with van der Waals surface area (Å²) in [7, 11) is 0. The van der Waals surface area contributed by atoms with Crippen molar-refractivity contribution in [2.75, 3.05) is 0 Å². The van der Waals surface area contributed by atoms with Crippen molar-refractivity contribution < 1.29 is 19.6 Å². The van der Waals surface area contributed by atoms with Gasteiger partial charge in [-0.25, -0.2) is 9.78 Å². The van der Waals surface area contributed by atoms with Gasteiger partial charge in [0.25, 0.3) is 5.56 Å². The quantitative estimate of drug-likeness (QED) is 0.218. The van der Waals surface area contributed by atoms with E-state index in [1.54, 1.807) is 18.2 Å². The van der Waals surface area contributed by atoms with Gasteiger partial charge in [-0.1, -0.05) is 29.8 Å². The average Bonchev–Trinajstić information content (AvgIpc) is 2.79. The van der Waals surface area contributed by atoms with Crippen LogP contribution in [0.1, 0.15) is 44.5 Å². The number of carbonyl (C=O) groups is 1. The van der Waals surface area contributed by atoms with Gasteiger partial charge in [0.05, 0.1) is 26.5 Å². The minimum atomic E-state index is -1.30. The molecule has 0 amide bonds. The third-order valence-corrected chi connectivity index (χ3v) is 6.18. The van der Waals surface area contributed by atoms with Gasteiger partial charge in [0, 0.05) is 22.0 Å². The highest BCUT2D eigenvalue weighted by atomic mass is 79.9. The van der Waals surface area contributed by atoms with E-state index in [4.69, 9.17) is 9.84 Å². The van der Waals surface area contributed by atoms with E-state index < -0.39 is 22.7 Å². The van der Waals surface area contributed by atoms with Gasteiger partial charge < -0.3 is 9.84 Å². The Hall–Kier alpha value is -3.12. The first kappa shape index (κ1) is 25.5. The van der Waals surface area contributed by atoms with Crippen molar-refractivity contribution in [1.29, 1.82) is 0 Å². The van der Waals surface area contributed by atoms with Crippen LogP contribution in [0, 0.1) is 10.1 Å². The molecule has 0 unspecified atom stereocenters. The Kier molecular flexibility index (Phi) is 7.82. The fourth-order valence-electron chi connectivity index (χ4n) is 3.06. The predicted octanol–water partition coefficient (Wildman–Crippen LogP) is 5.08. The van der Waals surface area contributed by atoms with Crippen molar-refractivity contribution in [3.63, 3.8) is 0 Å². The number of carboxylic acids is 1. The van der Waals surface area contributed by atoms with Crippen LogP contribution in [-0.4, -0.2) is 38.0 Å². The van der Waals surface area contributed by atoms with E-state index in [9.17, 15) is 19.7 Å². The third-order valence-electron chi connectivity index (χ3n) is 5.09. The summed E-state index contributed by atoms with van der Waals surface area (Å²) < 4.78 is 7.34.